The molecule has 0 saturated carbocycles. The monoisotopic (exact) mass is 502 g/mol. The van der Waals surface area contributed by atoms with Crippen molar-refractivity contribution in [3.63, 3.8) is 0 Å². The standard InChI is InChI=1S/C25H28F2N4O3S/c1-15-11-29-25(35-15)19-8-18(9-20(10-19)34-14-21-13-31(3)6-7-33-21)24(32)30-16(2)17-4-5-22(23(26)27)28-12-17/h4-5,8-12,16,21,23H,6-7,13-14H2,1-3H3,(H,30,32)/t16?,21-/m1/s1. The molecule has 3 heterocycles. The third-order valence-electron chi connectivity index (χ3n) is 5.70. The van der Waals surface area contributed by atoms with E-state index in [1.54, 1.807) is 31.3 Å². The quantitative estimate of drug-likeness (QED) is 0.483. The number of hydrogen-bond acceptors (Lipinski definition) is 7. The van der Waals surface area contributed by atoms with Crippen molar-refractivity contribution in [2.75, 3.05) is 33.4 Å². The SMILES string of the molecule is Cc1cnc(-c2cc(OC[C@H]3CN(C)CCO3)cc(C(=O)NC(C)c3ccc(C(F)F)nc3)c2)s1. The van der Waals surface area contributed by atoms with Crippen molar-refractivity contribution in [1.29, 1.82) is 0 Å². The zero-order valence-corrected chi connectivity index (χ0v) is 20.6. The van der Waals surface area contributed by atoms with Crippen molar-refractivity contribution in [2.45, 2.75) is 32.4 Å². The minimum Gasteiger partial charge on any atom is -0.491 e. The first-order chi connectivity index (χ1) is 16.8. The van der Waals surface area contributed by atoms with Crippen molar-refractivity contribution in [3.8, 4) is 16.3 Å². The smallest absolute Gasteiger partial charge is 0.280 e. The lowest BCUT2D eigenvalue weighted by molar-refractivity contribution is -0.0403. The lowest BCUT2D eigenvalue weighted by atomic mass is 10.1. The van der Waals surface area contributed by atoms with E-state index in [1.165, 1.54) is 23.6 Å². The van der Waals surface area contributed by atoms with Gasteiger partial charge in [0.1, 0.15) is 29.2 Å². The van der Waals surface area contributed by atoms with Crippen molar-refractivity contribution in [1.82, 2.24) is 20.2 Å². The van der Waals surface area contributed by atoms with Crippen LogP contribution in [0.15, 0.2) is 42.7 Å². The molecule has 3 aromatic rings. The van der Waals surface area contributed by atoms with Crippen LogP contribution in [0.1, 0.15) is 45.9 Å². The summed E-state index contributed by atoms with van der Waals surface area (Å²) in [6.45, 7) is 6.43. The average molecular weight is 503 g/mol. The highest BCUT2D eigenvalue weighted by Gasteiger charge is 2.20. The van der Waals surface area contributed by atoms with Gasteiger partial charge in [0.25, 0.3) is 12.3 Å². The highest BCUT2D eigenvalue weighted by Crippen LogP contribution is 2.30. The highest BCUT2D eigenvalue weighted by atomic mass is 32.1. The van der Waals surface area contributed by atoms with Gasteiger partial charge in [0, 0.05) is 41.5 Å². The Morgan fingerprint density at radius 1 is 1.29 bits per heavy atom. The summed E-state index contributed by atoms with van der Waals surface area (Å²) in [4.78, 5) is 24.6. The normalized spacial score (nSPS) is 17.4. The zero-order chi connectivity index (χ0) is 24.9. The molecule has 4 rings (SSSR count). The molecule has 1 unspecified atom stereocenters. The van der Waals surface area contributed by atoms with E-state index in [0.717, 1.165) is 28.5 Å². The van der Waals surface area contributed by atoms with E-state index >= 15 is 0 Å². The number of alkyl halides is 2. The predicted molar refractivity (Wildman–Crippen MR) is 130 cm³/mol. The Labute approximate surface area is 207 Å². The van der Waals surface area contributed by atoms with Crippen molar-refractivity contribution < 1.29 is 23.0 Å². The predicted octanol–water partition coefficient (Wildman–Crippen LogP) is 4.65. The summed E-state index contributed by atoms with van der Waals surface area (Å²) in [6.07, 6.45) is 0.457. The molecule has 186 valence electrons. The van der Waals surface area contributed by atoms with Gasteiger partial charge in [-0.3, -0.25) is 9.78 Å². The third-order valence-corrected chi connectivity index (χ3v) is 6.66. The Balaban J connectivity index is 1.52. The molecule has 0 bridgehead atoms. The van der Waals surface area contributed by atoms with Crippen LogP contribution in [-0.2, 0) is 4.74 Å². The summed E-state index contributed by atoms with van der Waals surface area (Å²) in [5.74, 6) is 0.233. The molecule has 1 N–H and O–H groups in total. The van der Waals surface area contributed by atoms with Gasteiger partial charge in [-0.25, -0.2) is 13.8 Å². The van der Waals surface area contributed by atoms with Crippen LogP contribution in [0.25, 0.3) is 10.6 Å². The molecule has 0 aliphatic carbocycles. The Morgan fingerprint density at radius 3 is 2.77 bits per heavy atom. The molecule has 1 aromatic carbocycles. The number of pyridine rings is 1. The van der Waals surface area contributed by atoms with Gasteiger partial charge in [-0.2, -0.15) is 0 Å². The second-order valence-corrected chi connectivity index (χ2v) is 9.84. The number of nitrogens with one attached hydrogen (secondary N) is 1. The molecule has 1 aliphatic rings. The van der Waals surface area contributed by atoms with Gasteiger partial charge >= 0.3 is 0 Å². The molecule has 10 heteroatoms. The van der Waals surface area contributed by atoms with Crippen LogP contribution in [0.4, 0.5) is 8.78 Å². The number of rotatable bonds is 8. The second-order valence-electron chi connectivity index (χ2n) is 8.60. The topological polar surface area (TPSA) is 76.6 Å². The minimum absolute atomic E-state index is 0.0551. The molecule has 1 saturated heterocycles. The van der Waals surface area contributed by atoms with E-state index in [0.29, 0.717) is 30.1 Å². The van der Waals surface area contributed by atoms with Crippen LogP contribution in [0.2, 0.25) is 0 Å². The van der Waals surface area contributed by atoms with Crippen molar-refractivity contribution in [3.05, 3.63) is 64.4 Å². The first kappa shape index (κ1) is 25.2. The number of ether oxygens (including phenoxy) is 2. The maximum absolute atomic E-state index is 13.1. The number of aryl methyl sites for hydroxylation is 1. The molecule has 7 nitrogen and oxygen atoms in total. The Bertz CT molecular complexity index is 1160. The number of halogens is 2. The fourth-order valence-corrected chi connectivity index (χ4v) is 4.50. The van der Waals surface area contributed by atoms with Gasteiger partial charge in [0.05, 0.1) is 12.6 Å². The number of morpholine rings is 1. The van der Waals surface area contributed by atoms with Gasteiger partial charge in [-0.05, 0) is 50.7 Å². The van der Waals surface area contributed by atoms with Crippen molar-refractivity contribution in [2.24, 2.45) is 0 Å². The number of hydrogen-bond donors (Lipinski definition) is 1. The molecule has 1 aliphatic heterocycles. The van der Waals surface area contributed by atoms with Crippen LogP contribution >= 0.6 is 11.3 Å². The van der Waals surface area contributed by atoms with Crippen molar-refractivity contribution >= 4 is 17.2 Å². The third kappa shape index (κ3) is 6.59. The Kier molecular flexibility index (Phi) is 8.04. The summed E-state index contributed by atoms with van der Waals surface area (Å²) in [6, 6.07) is 7.72. The summed E-state index contributed by atoms with van der Waals surface area (Å²) in [7, 11) is 2.04. The van der Waals surface area contributed by atoms with E-state index in [4.69, 9.17) is 9.47 Å². The van der Waals surface area contributed by atoms with E-state index in [9.17, 15) is 13.6 Å². The Morgan fingerprint density at radius 2 is 2.11 bits per heavy atom. The highest BCUT2D eigenvalue weighted by molar-refractivity contribution is 7.14. The minimum atomic E-state index is -2.64. The zero-order valence-electron chi connectivity index (χ0n) is 19.8. The maximum Gasteiger partial charge on any atom is 0.280 e. The number of carbonyl (C=O) groups is 1. The summed E-state index contributed by atoms with van der Waals surface area (Å²) in [5.41, 5.74) is 1.53. The summed E-state index contributed by atoms with van der Waals surface area (Å²) in [5, 5.41) is 3.70. The van der Waals surface area contributed by atoms with Gasteiger partial charge in [-0.1, -0.05) is 6.07 Å². The van der Waals surface area contributed by atoms with E-state index in [2.05, 4.69) is 20.2 Å². The first-order valence-corrected chi connectivity index (χ1v) is 12.2. The van der Waals surface area contributed by atoms with Gasteiger partial charge in [-0.15, -0.1) is 11.3 Å². The van der Waals surface area contributed by atoms with Gasteiger partial charge in [0.15, 0.2) is 0 Å². The lowest BCUT2D eigenvalue weighted by Crippen LogP contribution is -2.42. The molecule has 35 heavy (non-hydrogen) atoms. The molecule has 0 radical (unpaired) electrons. The number of carbonyl (C=O) groups excluding carboxylic acids is 1. The first-order valence-electron chi connectivity index (χ1n) is 11.3. The lowest BCUT2D eigenvalue weighted by Gasteiger charge is -2.29. The summed E-state index contributed by atoms with van der Waals surface area (Å²) >= 11 is 1.53. The molecule has 1 amide bonds. The van der Waals surface area contributed by atoms with Gasteiger partial charge in [0.2, 0.25) is 0 Å². The number of nitrogens with zero attached hydrogens (tertiary/aromatic N) is 3. The van der Waals surface area contributed by atoms with Crippen LogP contribution < -0.4 is 10.1 Å². The van der Waals surface area contributed by atoms with Crippen LogP contribution in [0.3, 0.4) is 0 Å². The fraction of sp³-hybridized carbons (Fsp3) is 0.400. The molecule has 2 aromatic heterocycles. The number of benzene rings is 1. The fourth-order valence-electron chi connectivity index (χ4n) is 3.75. The van der Waals surface area contributed by atoms with E-state index < -0.39 is 12.5 Å². The second kappa shape index (κ2) is 11.2. The molecule has 0 spiro atoms. The number of amides is 1. The number of likely N-dealkylation sites (N-methyl/N-ethyl adjacent to an activating group) is 1. The van der Waals surface area contributed by atoms with E-state index in [-0.39, 0.29) is 17.7 Å². The molecular weight excluding hydrogens is 474 g/mol. The average Bonchev–Trinajstić information content (AvgIpc) is 3.29. The van der Waals surface area contributed by atoms with Crippen LogP contribution in [0, 0.1) is 6.92 Å². The number of thiazole rings is 1. The largest absolute Gasteiger partial charge is 0.491 e. The molecular formula is C25H28F2N4O3S. The summed E-state index contributed by atoms with van der Waals surface area (Å²) < 4.78 is 37.4. The molecule has 1 fully saturated rings. The van der Waals surface area contributed by atoms with E-state index in [1.807, 2.05) is 20.0 Å². The Hall–Kier alpha value is -2.95. The number of aromatic nitrogens is 2. The van der Waals surface area contributed by atoms with Crippen LogP contribution in [0.5, 0.6) is 5.75 Å². The maximum atomic E-state index is 13.1. The molecule has 2 atom stereocenters. The van der Waals surface area contributed by atoms with Gasteiger partial charge < -0.3 is 19.7 Å². The van der Waals surface area contributed by atoms with Crippen LogP contribution in [-0.4, -0.2) is 60.2 Å².